The molecule has 0 saturated carbocycles. The molecule has 1 saturated heterocycles. The number of carbonyl (C=O) groups excluding carboxylic acids is 1. The van der Waals surface area contributed by atoms with E-state index in [2.05, 4.69) is 13.8 Å². The number of nitrogens with zero attached hydrogens (tertiary/aromatic N) is 1. The lowest BCUT2D eigenvalue weighted by Crippen LogP contribution is -2.41. The number of rotatable bonds is 2. The van der Waals surface area contributed by atoms with Gasteiger partial charge in [0.15, 0.2) is 0 Å². The van der Waals surface area contributed by atoms with Gasteiger partial charge in [-0.2, -0.15) is 0 Å². The van der Waals surface area contributed by atoms with E-state index in [9.17, 15) is 4.79 Å². The molecule has 1 rings (SSSR count). The highest BCUT2D eigenvalue weighted by atomic mass is 16.5. The topological polar surface area (TPSA) is 29.5 Å². The minimum atomic E-state index is -0.298. The lowest BCUT2D eigenvalue weighted by atomic mass is 10.1. The van der Waals surface area contributed by atoms with Crippen molar-refractivity contribution in [2.45, 2.75) is 39.3 Å². The summed E-state index contributed by atoms with van der Waals surface area (Å²) in [6.45, 7) is 6.99. The maximum absolute atomic E-state index is 11.7. The Balaban J connectivity index is 2.58. The van der Waals surface area contributed by atoms with Crippen LogP contribution in [0.15, 0.2) is 0 Å². The molecule has 0 aromatic rings. The summed E-state index contributed by atoms with van der Waals surface area (Å²) in [5.41, 5.74) is 0. The van der Waals surface area contributed by atoms with Gasteiger partial charge in [0, 0.05) is 19.7 Å². The van der Waals surface area contributed by atoms with Crippen LogP contribution in [0.2, 0.25) is 0 Å². The molecule has 76 valence electrons. The number of carbonyl (C=O) groups is 1. The van der Waals surface area contributed by atoms with Gasteiger partial charge < -0.3 is 9.64 Å². The Morgan fingerprint density at radius 3 is 2.54 bits per heavy atom. The molecule has 3 unspecified atom stereocenters. The molecule has 0 aromatic carbocycles. The van der Waals surface area contributed by atoms with Gasteiger partial charge in [-0.15, -0.1) is 0 Å². The second kappa shape index (κ2) is 4.09. The highest BCUT2D eigenvalue weighted by Gasteiger charge is 2.32. The first-order chi connectivity index (χ1) is 6.07. The van der Waals surface area contributed by atoms with Gasteiger partial charge in [0.25, 0.3) is 5.91 Å². The Kier molecular flexibility index (Phi) is 3.31. The van der Waals surface area contributed by atoms with Crippen LogP contribution in [-0.2, 0) is 9.53 Å². The van der Waals surface area contributed by atoms with Crippen LogP contribution in [-0.4, -0.2) is 36.6 Å². The molecule has 0 spiro atoms. The molecule has 3 nitrogen and oxygen atoms in total. The molecule has 0 aromatic heterocycles. The normalized spacial score (nSPS) is 30.6. The molecule has 1 aliphatic rings. The van der Waals surface area contributed by atoms with E-state index in [-0.39, 0.29) is 12.0 Å². The minimum Gasteiger partial charge on any atom is -0.372 e. The molecule has 3 heteroatoms. The summed E-state index contributed by atoms with van der Waals surface area (Å²) in [6, 6.07) is 0.366. The van der Waals surface area contributed by atoms with Crippen molar-refractivity contribution < 1.29 is 9.53 Å². The summed E-state index contributed by atoms with van der Waals surface area (Å²) in [6.07, 6.45) is 0.816. The van der Waals surface area contributed by atoms with Crippen LogP contribution >= 0.6 is 0 Å². The van der Waals surface area contributed by atoms with Crippen molar-refractivity contribution in [2.24, 2.45) is 5.92 Å². The first kappa shape index (κ1) is 10.5. The van der Waals surface area contributed by atoms with Crippen molar-refractivity contribution in [3.8, 4) is 0 Å². The Labute approximate surface area is 80.1 Å². The molecule has 3 atom stereocenters. The van der Waals surface area contributed by atoms with Crippen molar-refractivity contribution >= 4 is 5.91 Å². The average Bonchev–Trinajstić information content (AvgIpc) is 2.45. The van der Waals surface area contributed by atoms with E-state index in [0.29, 0.717) is 12.0 Å². The Hall–Kier alpha value is -0.570. The summed E-state index contributed by atoms with van der Waals surface area (Å²) < 4.78 is 5.02. The first-order valence-electron chi connectivity index (χ1n) is 4.91. The molecule has 1 amide bonds. The summed E-state index contributed by atoms with van der Waals surface area (Å²) in [7, 11) is 1.58. The van der Waals surface area contributed by atoms with Gasteiger partial charge in [0.05, 0.1) is 0 Å². The van der Waals surface area contributed by atoms with Crippen LogP contribution < -0.4 is 0 Å². The molecular weight excluding hydrogens is 166 g/mol. The fourth-order valence-electron chi connectivity index (χ4n) is 1.74. The van der Waals surface area contributed by atoms with Crippen LogP contribution in [0.3, 0.4) is 0 Å². The summed E-state index contributed by atoms with van der Waals surface area (Å²) in [5, 5.41) is 0. The lowest BCUT2D eigenvalue weighted by Gasteiger charge is -2.25. The van der Waals surface area contributed by atoms with Crippen molar-refractivity contribution in [3.05, 3.63) is 0 Å². The maximum Gasteiger partial charge on any atom is 0.251 e. The number of ether oxygens (including phenoxy) is 1. The highest BCUT2D eigenvalue weighted by Crippen LogP contribution is 2.24. The SMILES string of the molecule is COC(C)C(=O)N1CCC(C)C1C. The quantitative estimate of drug-likeness (QED) is 0.648. The number of likely N-dealkylation sites (tertiary alicyclic amines) is 1. The average molecular weight is 185 g/mol. The second-order valence-corrected chi connectivity index (χ2v) is 3.92. The number of hydrogen-bond acceptors (Lipinski definition) is 2. The zero-order chi connectivity index (χ0) is 10.0. The van der Waals surface area contributed by atoms with Gasteiger partial charge >= 0.3 is 0 Å². The Morgan fingerprint density at radius 1 is 1.54 bits per heavy atom. The summed E-state index contributed by atoms with van der Waals surface area (Å²) in [4.78, 5) is 13.7. The van der Waals surface area contributed by atoms with Gasteiger partial charge in [-0.25, -0.2) is 0 Å². The van der Waals surface area contributed by atoms with Crippen LogP contribution in [0.25, 0.3) is 0 Å². The summed E-state index contributed by atoms with van der Waals surface area (Å²) in [5.74, 6) is 0.743. The monoisotopic (exact) mass is 185 g/mol. The van der Waals surface area contributed by atoms with E-state index in [1.54, 1.807) is 14.0 Å². The molecular formula is C10H19NO2. The minimum absolute atomic E-state index is 0.124. The Bertz CT molecular complexity index is 193. The number of amides is 1. The van der Waals surface area contributed by atoms with E-state index < -0.39 is 0 Å². The van der Waals surface area contributed by atoms with Gasteiger partial charge in [-0.3, -0.25) is 4.79 Å². The third kappa shape index (κ3) is 2.02. The predicted octanol–water partition coefficient (Wildman–Crippen LogP) is 1.28. The molecule has 0 bridgehead atoms. The van der Waals surface area contributed by atoms with Crippen LogP contribution in [0.4, 0.5) is 0 Å². The molecule has 13 heavy (non-hydrogen) atoms. The molecule has 0 radical (unpaired) electrons. The van der Waals surface area contributed by atoms with Crippen molar-refractivity contribution in [1.82, 2.24) is 4.90 Å². The molecule has 1 aliphatic heterocycles. The molecule has 1 fully saturated rings. The van der Waals surface area contributed by atoms with E-state index >= 15 is 0 Å². The summed E-state index contributed by atoms with van der Waals surface area (Å²) >= 11 is 0. The standard InChI is InChI=1S/C10H19NO2/c1-7-5-6-11(8(7)2)10(12)9(3)13-4/h7-9H,5-6H2,1-4H3. The number of methoxy groups -OCH3 is 1. The van der Waals surface area contributed by atoms with Gasteiger partial charge in [0.1, 0.15) is 6.10 Å². The zero-order valence-corrected chi connectivity index (χ0v) is 8.91. The van der Waals surface area contributed by atoms with Crippen LogP contribution in [0.5, 0.6) is 0 Å². The zero-order valence-electron chi connectivity index (χ0n) is 8.91. The largest absolute Gasteiger partial charge is 0.372 e. The third-order valence-electron chi connectivity index (χ3n) is 3.12. The second-order valence-electron chi connectivity index (χ2n) is 3.92. The fourth-order valence-corrected chi connectivity index (χ4v) is 1.74. The Morgan fingerprint density at radius 2 is 2.15 bits per heavy atom. The molecule has 0 aliphatic carbocycles. The fraction of sp³-hybridized carbons (Fsp3) is 0.900. The highest BCUT2D eigenvalue weighted by molar-refractivity contribution is 5.81. The van der Waals surface area contributed by atoms with Gasteiger partial charge in [-0.05, 0) is 26.2 Å². The van der Waals surface area contributed by atoms with Gasteiger partial charge in [0.2, 0.25) is 0 Å². The van der Waals surface area contributed by atoms with E-state index in [0.717, 1.165) is 13.0 Å². The predicted molar refractivity (Wildman–Crippen MR) is 51.4 cm³/mol. The van der Waals surface area contributed by atoms with E-state index in [1.807, 2.05) is 4.90 Å². The van der Waals surface area contributed by atoms with E-state index in [1.165, 1.54) is 0 Å². The molecule has 0 N–H and O–H groups in total. The van der Waals surface area contributed by atoms with Gasteiger partial charge in [-0.1, -0.05) is 6.92 Å². The van der Waals surface area contributed by atoms with Crippen molar-refractivity contribution in [3.63, 3.8) is 0 Å². The number of hydrogen-bond donors (Lipinski definition) is 0. The molecule has 1 heterocycles. The van der Waals surface area contributed by atoms with Crippen LogP contribution in [0, 0.1) is 5.92 Å². The maximum atomic E-state index is 11.7. The lowest BCUT2D eigenvalue weighted by molar-refractivity contribution is -0.141. The van der Waals surface area contributed by atoms with Crippen molar-refractivity contribution in [2.75, 3.05) is 13.7 Å². The first-order valence-corrected chi connectivity index (χ1v) is 4.91. The third-order valence-corrected chi connectivity index (χ3v) is 3.12. The van der Waals surface area contributed by atoms with E-state index in [4.69, 9.17) is 4.74 Å². The smallest absolute Gasteiger partial charge is 0.251 e. The van der Waals surface area contributed by atoms with Crippen LogP contribution in [0.1, 0.15) is 27.2 Å². The van der Waals surface area contributed by atoms with Crippen molar-refractivity contribution in [1.29, 1.82) is 0 Å².